The van der Waals surface area contributed by atoms with Crippen molar-refractivity contribution in [2.75, 3.05) is 26.3 Å². The van der Waals surface area contributed by atoms with Gasteiger partial charge in [0, 0.05) is 31.2 Å². The highest BCUT2D eigenvalue weighted by molar-refractivity contribution is 7.89. The number of rotatable bonds is 7. The van der Waals surface area contributed by atoms with Gasteiger partial charge in [0.1, 0.15) is 0 Å². The van der Waals surface area contributed by atoms with Gasteiger partial charge in [0.05, 0.1) is 18.1 Å². The zero-order chi connectivity index (χ0) is 22.9. The van der Waals surface area contributed by atoms with Crippen molar-refractivity contribution in [1.82, 2.24) is 9.21 Å². The summed E-state index contributed by atoms with van der Waals surface area (Å²) in [6.07, 6.45) is 1.97. The molecule has 1 aliphatic carbocycles. The molecular weight excluding hydrogens is 424 g/mol. The summed E-state index contributed by atoms with van der Waals surface area (Å²) in [5, 5.41) is 0. The van der Waals surface area contributed by atoms with Gasteiger partial charge in [-0.1, -0.05) is 44.2 Å². The Bertz CT molecular complexity index is 1070. The maximum absolute atomic E-state index is 13.6. The molecule has 4 rings (SSSR count). The van der Waals surface area contributed by atoms with Gasteiger partial charge in [-0.3, -0.25) is 4.79 Å². The topological polar surface area (TPSA) is 66.9 Å². The number of ether oxygens (including phenoxy) is 1. The first-order chi connectivity index (χ1) is 15.3. The third kappa shape index (κ3) is 4.90. The SMILES string of the molecule is Cc1ccc(S(=O)(=O)N2CCOCC2)cc1C(=O)N(Cc1ccc(C(C)C)cc1)C1CC1. The van der Waals surface area contributed by atoms with Gasteiger partial charge in [0.15, 0.2) is 0 Å². The molecule has 2 aliphatic rings. The van der Waals surface area contributed by atoms with Crippen molar-refractivity contribution in [3.8, 4) is 0 Å². The van der Waals surface area contributed by atoms with Crippen LogP contribution in [0.2, 0.25) is 0 Å². The van der Waals surface area contributed by atoms with Crippen LogP contribution in [0.1, 0.15) is 59.7 Å². The summed E-state index contributed by atoms with van der Waals surface area (Å²) >= 11 is 0. The lowest BCUT2D eigenvalue weighted by Gasteiger charge is -2.27. The Kier molecular flexibility index (Phi) is 6.70. The van der Waals surface area contributed by atoms with E-state index in [1.165, 1.54) is 9.87 Å². The first-order valence-corrected chi connectivity index (χ1v) is 12.8. The fourth-order valence-corrected chi connectivity index (χ4v) is 5.48. The van der Waals surface area contributed by atoms with Gasteiger partial charge < -0.3 is 9.64 Å². The summed E-state index contributed by atoms with van der Waals surface area (Å²) in [5.41, 5.74) is 3.61. The third-order valence-corrected chi connectivity index (χ3v) is 8.19. The minimum absolute atomic E-state index is 0.100. The number of carbonyl (C=O) groups excluding carboxylic acids is 1. The monoisotopic (exact) mass is 456 g/mol. The highest BCUT2D eigenvalue weighted by atomic mass is 32.2. The van der Waals surface area contributed by atoms with E-state index in [1.54, 1.807) is 18.2 Å². The summed E-state index contributed by atoms with van der Waals surface area (Å²) in [4.78, 5) is 15.7. The van der Waals surface area contributed by atoms with E-state index in [-0.39, 0.29) is 16.8 Å². The molecule has 0 unspecified atom stereocenters. The number of morpholine rings is 1. The van der Waals surface area contributed by atoms with Crippen LogP contribution >= 0.6 is 0 Å². The largest absolute Gasteiger partial charge is 0.379 e. The fourth-order valence-electron chi connectivity index (χ4n) is 4.04. The molecule has 1 aliphatic heterocycles. The summed E-state index contributed by atoms with van der Waals surface area (Å²) < 4.78 is 32.9. The minimum Gasteiger partial charge on any atom is -0.379 e. The molecule has 0 spiro atoms. The summed E-state index contributed by atoms with van der Waals surface area (Å²) in [5.74, 6) is 0.362. The van der Waals surface area contributed by atoms with Gasteiger partial charge in [0.2, 0.25) is 10.0 Å². The van der Waals surface area contributed by atoms with E-state index in [0.29, 0.717) is 44.3 Å². The number of benzene rings is 2. The zero-order valence-corrected chi connectivity index (χ0v) is 19.9. The number of amides is 1. The first kappa shape index (κ1) is 23.0. The normalized spacial score (nSPS) is 17.5. The molecule has 2 aromatic rings. The third-order valence-electron chi connectivity index (χ3n) is 6.30. The molecule has 172 valence electrons. The zero-order valence-electron chi connectivity index (χ0n) is 19.1. The molecule has 1 saturated heterocycles. The van der Waals surface area contributed by atoms with Gasteiger partial charge in [-0.2, -0.15) is 4.31 Å². The van der Waals surface area contributed by atoms with Gasteiger partial charge >= 0.3 is 0 Å². The smallest absolute Gasteiger partial charge is 0.254 e. The van der Waals surface area contributed by atoms with Crippen molar-refractivity contribution >= 4 is 15.9 Å². The van der Waals surface area contributed by atoms with Crippen LogP contribution < -0.4 is 0 Å². The van der Waals surface area contributed by atoms with Crippen LogP contribution in [0, 0.1) is 6.92 Å². The van der Waals surface area contributed by atoms with Gasteiger partial charge in [-0.15, -0.1) is 0 Å². The molecule has 6 nitrogen and oxygen atoms in total. The predicted molar refractivity (Wildman–Crippen MR) is 124 cm³/mol. The van der Waals surface area contributed by atoms with Crippen molar-refractivity contribution in [2.24, 2.45) is 0 Å². The van der Waals surface area contributed by atoms with Crippen molar-refractivity contribution in [2.45, 2.75) is 57.0 Å². The van der Waals surface area contributed by atoms with E-state index >= 15 is 0 Å². The second-order valence-corrected chi connectivity index (χ2v) is 11.0. The quantitative estimate of drug-likeness (QED) is 0.633. The standard InChI is InChI=1S/C25H32N2O4S/c1-18(2)21-7-5-20(6-8-21)17-27(22-9-10-22)25(28)24-16-23(11-4-19(24)3)32(29,30)26-12-14-31-15-13-26/h4-8,11,16,18,22H,9-10,12-15,17H2,1-3H3. The van der Waals surface area contributed by atoms with Crippen LogP contribution in [-0.4, -0.2) is 55.9 Å². The van der Waals surface area contributed by atoms with Crippen LogP contribution in [0.4, 0.5) is 0 Å². The summed E-state index contributed by atoms with van der Waals surface area (Å²) in [6, 6.07) is 13.5. The lowest BCUT2D eigenvalue weighted by Crippen LogP contribution is -2.40. The Morgan fingerprint density at radius 2 is 1.75 bits per heavy atom. The fraction of sp³-hybridized carbons (Fsp3) is 0.480. The van der Waals surface area contributed by atoms with E-state index in [1.807, 2.05) is 11.8 Å². The lowest BCUT2D eigenvalue weighted by atomic mass is 10.0. The minimum atomic E-state index is -3.65. The van der Waals surface area contributed by atoms with E-state index in [9.17, 15) is 13.2 Å². The average molecular weight is 457 g/mol. The average Bonchev–Trinajstić information content (AvgIpc) is 3.63. The van der Waals surface area contributed by atoms with Crippen molar-refractivity contribution in [3.63, 3.8) is 0 Å². The number of carbonyl (C=O) groups is 1. The second-order valence-electron chi connectivity index (χ2n) is 9.05. The number of nitrogens with zero attached hydrogens (tertiary/aromatic N) is 2. The lowest BCUT2D eigenvalue weighted by molar-refractivity contribution is 0.0725. The molecule has 0 aromatic heterocycles. The molecule has 0 N–H and O–H groups in total. The van der Waals surface area contributed by atoms with E-state index in [4.69, 9.17) is 4.74 Å². The Hall–Kier alpha value is -2.22. The second kappa shape index (κ2) is 9.33. The molecule has 1 saturated carbocycles. The van der Waals surface area contributed by atoms with Gasteiger partial charge in [-0.05, 0) is 54.5 Å². The molecule has 7 heteroatoms. The maximum atomic E-state index is 13.6. The molecule has 2 aromatic carbocycles. The molecular formula is C25H32N2O4S. The van der Waals surface area contributed by atoms with Crippen molar-refractivity contribution in [3.05, 3.63) is 64.7 Å². The summed E-state index contributed by atoms with van der Waals surface area (Å²) in [7, 11) is -3.65. The van der Waals surface area contributed by atoms with E-state index in [0.717, 1.165) is 24.0 Å². The van der Waals surface area contributed by atoms with Crippen LogP contribution in [0.5, 0.6) is 0 Å². The Morgan fingerprint density at radius 3 is 2.34 bits per heavy atom. The first-order valence-electron chi connectivity index (χ1n) is 11.4. The number of aryl methyl sites for hydroxylation is 1. The number of hydrogen-bond acceptors (Lipinski definition) is 4. The van der Waals surface area contributed by atoms with Crippen LogP contribution in [0.25, 0.3) is 0 Å². The van der Waals surface area contributed by atoms with E-state index in [2.05, 4.69) is 38.1 Å². The maximum Gasteiger partial charge on any atom is 0.254 e. The highest BCUT2D eigenvalue weighted by Crippen LogP contribution is 2.31. The molecule has 0 radical (unpaired) electrons. The van der Waals surface area contributed by atoms with Crippen LogP contribution in [0.15, 0.2) is 47.4 Å². The van der Waals surface area contributed by atoms with E-state index < -0.39 is 10.0 Å². The van der Waals surface area contributed by atoms with Crippen LogP contribution in [-0.2, 0) is 21.3 Å². The molecule has 1 heterocycles. The molecule has 32 heavy (non-hydrogen) atoms. The van der Waals surface area contributed by atoms with Crippen molar-refractivity contribution < 1.29 is 17.9 Å². The summed E-state index contributed by atoms with van der Waals surface area (Å²) in [6.45, 7) is 8.16. The molecule has 0 atom stereocenters. The Balaban J connectivity index is 1.59. The predicted octanol–water partition coefficient (Wildman–Crippen LogP) is 3.94. The van der Waals surface area contributed by atoms with Gasteiger partial charge in [0.25, 0.3) is 5.91 Å². The molecule has 1 amide bonds. The Morgan fingerprint density at radius 1 is 1.09 bits per heavy atom. The molecule has 2 fully saturated rings. The van der Waals surface area contributed by atoms with Crippen LogP contribution in [0.3, 0.4) is 0 Å². The highest BCUT2D eigenvalue weighted by Gasteiger charge is 2.34. The van der Waals surface area contributed by atoms with Gasteiger partial charge in [-0.25, -0.2) is 8.42 Å². The number of hydrogen-bond donors (Lipinski definition) is 0. The number of sulfonamides is 1. The Labute approximate surface area is 191 Å². The van der Waals surface area contributed by atoms with Crippen molar-refractivity contribution in [1.29, 1.82) is 0 Å². The molecule has 0 bridgehead atoms.